The van der Waals surface area contributed by atoms with E-state index in [1.165, 1.54) is 0 Å². The summed E-state index contributed by atoms with van der Waals surface area (Å²) in [4.78, 5) is 11.9. The number of nitrogens with two attached hydrogens (primary N) is 1. The fourth-order valence-electron chi connectivity index (χ4n) is 1.95. The van der Waals surface area contributed by atoms with E-state index in [0.717, 1.165) is 0 Å². The van der Waals surface area contributed by atoms with E-state index < -0.39 is 29.4 Å². The number of hydrogen-bond acceptors (Lipinski definition) is 2. The van der Waals surface area contributed by atoms with Gasteiger partial charge in [-0.3, -0.25) is 4.79 Å². The summed E-state index contributed by atoms with van der Waals surface area (Å²) in [5.41, 5.74) is 6.65. The van der Waals surface area contributed by atoms with Crippen LogP contribution in [-0.2, 0) is 0 Å². The van der Waals surface area contributed by atoms with Crippen LogP contribution in [0.5, 0.6) is 0 Å². The molecule has 3 nitrogen and oxygen atoms in total. The Bertz CT molecular complexity index is 665. The van der Waals surface area contributed by atoms with Crippen molar-refractivity contribution >= 4 is 11.6 Å². The maximum absolute atomic E-state index is 13.1. The van der Waals surface area contributed by atoms with Crippen LogP contribution in [0.1, 0.15) is 28.9 Å². The lowest BCUT2D eigenvalue weighted by Crippen LogP contribution is -2.27. The first-order valence-electron chi connectivity index (χ1n) is 6.20. The Kier molecular flexibility index (Phi) is 4.16. The molecule has 2 rings (SSSR count). The highest BCUT2D eigenvalue weighted by Gasteiger charge is 2.17. The number of hydrogen-bond donors (Lipinski definition) is 2. The number of benzene rings is 2. The summed E-state index contributed by atoms with van der Waals surface area (Å²) in [6.07, 6.45) is 0. The molecule has 0 aliphatic carbocycles. The van der Waals surface area contributed by atoms with E-state index in [1.807, 2.05) is 0 Å². The molecule has 6 heteroatoms. The quantitative estimate of drug-likeness (QED) is 0.675. The van der Waals surface area contributed by atoms with Gasteiger partial charge in [-0.2, -0.15) is 0 Å². The number of halogens is 3. The zero-order chi connectivity index (χ0) is 15.6. The average molecular weight is 294 g/mol. The van der Waals surface area contributed by atoms with Crippen LogP contribution in [0.4, 0.5) is 18.9 Å². The minimum absolute atomic E-state index is 0.298. The molecule has 0 bridgehead atoms. The molecule has 0 saturated heterocycles. The molecule has 0 aliphatic heterocycles. The van der Waals surface area contributed by atoms with Gasteiger partial charge in [0.15, 0.2) is 17.5 Å². The van der Waals surface area contributed by atoms with Crippen LogP contribution in [0.15, 0.2) is 36.4 Å². The second-order valence-electron chi connectivity index (χ2n) is 4.58. The third-order valence-corrected chi connectivity index (χ3v) is 3.06. The standard InChI is InChI=1S/C15H13F3N2O/c1-8(10-4-2-3-5-13(10)19)20-15(21)9-6-11(16)14(18)12(17)7-9/h2-8H,19H2,1H3,(H,20,21). The maximum atomic E-state index is 13.1. The molecule has 0 radical (unpaired) electrons. The SMILES string of the molecule is CC(NC(=O)c1cc(F)c(F)c(F)c1)c1ccccc1N. The second kappa shape index (κ2) is 5.87. The van der Waals surface area contributed by atoms with E-state index >= 15 is 0 Å². The number of para-hydroxylation sites is 1. The minimum Gasteiger partial charge on any atom is -0.398 e. The number of carbonyl (C=O) groups is 1. The molecule has 0 saturated carbocycles. The number of nitrogen functional groups attached to an aromatic ring is 1. The maximum Gasteiger partial charge on any atom is 0.251 e. The van der Waals surface area contributed by atoms with E-state index in [9.17, 15) is 18.0 Å². The van der Waals surface area contributed by atoms with Crippen molar-refractivity contribution in [1.82, 2.24) is 5.32 Å². The fraction of sp³-hybridized carbons (Fsp3) is 0.133. The first-order valence-corrected chi connectivity index (χ1v) is 6.20. The number of anilines is 1. The Balaban J connectivity index is 2.20. The first-order chi connectivity index (χ1) is 9.90. The molecule has 0 aromatic heterocycles. The minimum atomic E-state index is -1.60. The Morgan fingerprint density at radius 2 is 1.71 bits per heavy atom. The van der Waals surface area contributed by atoms with Crippen molar-refractivity contribution in [3.05, 3.63) is 65.0 Å². The topological polar surface area (TPSA) is 55.1 Å². The third-order valence-electron chi connectivity index (χ3n) is 3.06. The van der Waals surface area contributed by atoms with Crippen LogP contribution in [0.2, 0.25) is 0 Å². The molecule has 0 heterocycles. The largest absolute Gasteiger partial charge is 0.398 e. The highest BCUT2D eigenvalue weighted by molar-refractivity contribution is 5.94. The van der Waals surface area contributed by atoms with E-state index in [4.69, 9.17) is 5.73 Å². The van der Waals surface area contributed by atoms with Gasteiger partial charge in [-0.1, -0.05) is 18.2 Å². The van der Waals surface area contributed by atoms with Gasteiger partial charge in [-0.25, -0.2) is 13.2 Å². The molecule has 1 amide bonds. The molecule has 0 fully saturated rings. The summed E-state index contributed by atoms with van der Waals surface area (Å²) in [7, 11) is 0. The zero-order valence-corrected chi connectivity index (χ0v) is 11.2. The van der Waals surface area contributed by atoms with Crippen molar-refractivity contribution in [3.8, 4) is 0 Å². The Morgan fingerprint density at radius 1 is 1.14 bits per heavy atom. The summed E-state index contributed by atoms with van der Waals surface area (Å²) >= 11 is 0. The van der Waals surface area contributed by atoms with Crippen LogP contribution in [0.25, 0.3) is 0 Å². The molecule has 110 valence electrons. The summed E-state index contributed by atoms with van der Waals surface area (Å²) in [5, 5.41) is 2.55. The lowest BCUT2D eigenvalue weighted by molar-refractivity contribution is 0.0939. The average Bonchev–Trinajstić information content (AvgIpc) is 2.44. The van der Waals surface area contributed by atoms with E-state index in [0.29, 0.717) is 23.4 Å². The van der Waals surface area contributed by atoms with Crippen molar-refractivity contribution < 1.29 is 18.0 Å². The molecule has 2 aromatic rings. The third kappa shape index (κ3) is 3.16. The van der Waals surface area contributed by atoms with Crippen molar-refractivity contribution in [2.24, 2.45) is 0 Å². The van der Waals surface area contributed by atoms with Gasteiger partial charge in [0.05, 0.1) is 6.04 Å². The van der Waals surface area contributed by atoms with Gasteiger partial charge in [-0.05, 0) is 30.7 Å². The first kappa shape index (κ1) is 14.9. The van der Waals surface area contributed by atoms with Gasteiger partial charge < -0.3 is 11.1 Å². The van der Waals surface area contributed by atoms with Crippen LogP contribution < -0.4 is 11.1 Å². The molecule has 0 aliphatic rings. The summed E-state index contributed by atoms with van der Waals surface area (Å²) in [6.45, 7) is 1.68. The Morgan fingerprint density at radius 3 is 2.29 bits per heavy atom. The normalized spacial score (nSPS) is 12.0. The molecule has 0 spiro atoms. The lowest BCUT2D eigenvalue weighted by atomic mass is 10.1. The van der Waals surface area contributed by atoms with Gasteiger partial charge in [0.2, 0.25) is 0 Å². The summed E-state index contributed by atoms with van der Waals surface area (Å²) in [5.74, 6) is -5.14. The fourth-order valence-corrected chi connectivity index (χ4v) is 1.95. The molecule has 2 aromatic carbocycles. The van der Waals surface area contributed by atoms with Crippen molar-refractivity contribution in [1.29, 1.82) is 0 Å². The highest BCUT2D eigenvalue weighted by atomic mass is 19.2. The molecular formula is C15H13F3N2O. The van der Waals surface area contributed by atoms with Gasteiger partial charge >= 0.3 is 0 Å². The monoisotopic (exact) mass is 294 g/mol. The molecule has 1 unspecified atom stereocenters. The van der Waals surface area contributed by atoms with Crippen LogP contribution in [-0.4, -0.2) is 5.91 Å². The van der Waals surface area contributed by atoms with E-state index in [1.54, 1.807) is 31.2 Å². The van der Waals surface area contributed by atoms with Gasteiger partial charge in [0.1, 0.15) is 0 Å². The Labute approximate surface area is 119 Å². The highest BCUT2D eigenvalue weighted by Crippen LogP contribution is 2.20. The van der Waals surface area contributed by atoms with Gasteiger partial charge in [0.25, 0.3) is 5.91 Å². The van der Waals surface area contributed by atoms with Crippen LogP contribution in [0.3, 0.4) is 0 Å². The number of nitrogens with one attached hydrogen (secondary N) is 1. The summed E-state index contributed by atoms with van der Waals surface area (Å²) < 4.78 is 39.1. The van der Waals surface area contributed by atoms with Crippen molar-refractivity contribution in [3.63, 3.8) is 0 Å². The molecule has 3 N–H and O–H groups in total. The Hall–Kier alpha value is -2.50. The lowest BCUT2D eigenvalue weighted by Gasteiger charge is -2.16. The van der Waals surface area contributed by atoms with Crippen LogP contribution >= 0.6 is 0 Å². The molecule has 21 heavy (non-hydrogen) atoms. The van der Waals surface area contributed by atoms with Crippen molar-refractivity contribution in [2.75, 3.05) is 5.73 Å². The predicted octanol–water partition coefficient (Wildman–Crippen LogP) is 3.18. The van der Waals surface area contributed by atoms with E-state index in [2.05, 4.69) is 5.32 Å². The number of carbonyl (C=O) groups excluding carboxylic acids is 1. The molecular weight excluding hydrogens is 281 g/mol. The van der Waals surface area contributed by atoms with Gasteiger partial charge in [0, 0.05) is 11.3 Å². The molecule has 1 atom stereocenters. The summed E-state index contributed by atoms with van der Waals surface area (Å²) in [6, 6.07) is 7.74. The van der Waals surface area contributed by atoms with Crippen molar-refractivity contribution in [2.45, 2.75) is 13.0 Å². The number of amides is 1. The van der Waals surface area contributed by atoms with Crippen LogP contribution in [0, 0.1) is 17.5 Å². The number of rotatable bonds is 3. The second-order valence-corrected chi connectivity index (χ2v) is 4.58. The van der Waals surface area contributed by atoms with Gasteiger partial charge in [-0.15, -0.1) is 0 Å². The van der Waals surface area contributed by atoms with E-state index in [-0.39, 0.29) is 5.56 Å². The smallest absolute Gasteiger partial charge is 0.251 e. The zero-order valence-electron chi connectivity index (χ0n) is 11.2. The predicted molar refractivity (Wildman–Crippen MR) is 73.1 cm³/mol.